The zero-order chi connectivity index (χ0) is 25.7. The molecule has 2 heterocycles. The van der Waals surface area contributed by atoms with Gasteiger partial charge in [-0.05, 0) is 33.2 Å². The molecule has 2 amide bonds. The monoisotopic (exact) mass is 484 g/mol. The molecule has 190 valence electrons. The molecule has 9 nitrogen and oxygen atoms in total. The van der Waals surface area contributed by atoms with Gasteiger partial charge in [-0.25, -0.2) is 4.98 Å². The third-order valence-electron chi connectivity index (χ3n) is 6.27. The summed E-state index contributed by atoms with van der Waals surface area (Å²) < 4.78 is 11.8. The molecule has 0 fully saturated rings. The van der Waals surface area contributed by atoms with Gasteiger partial charge in [-0.2, -0.15) is 0 Å². The van der Waals surface area contributed by atoms with Crippen LogP contribution in [-0.4, -0.2) is 103 Å². The van der Waals surface area contributed by atoms with Gasteiger partial charge in [0.25, 0.3) is 5.91 Å². The Kier molecular flexibility index (Phi) is 8.69. The highest BCUT2D eigenvalue weighted by molar-refractivity contribution is 5.98. The summed E-state index contributed by atoms with van der Waals surface area (Å²) in [5.74, 6) is 0.499. The lowest BCUT2D eigenvalue weighted by Crippen LogP contribution is -2.51. The van der Waals surface area contributed by atoms with Crippen molar-refractivity contribution in [1.82, 2.24) is 19.7 Å². The molecule has 1 aliphatic heterocycles. The zero-order valence-corrected chi connectivity index (χ0v) is 21.4. The largest absolute Gasteiger partial charge is 0.496 e. The van der Waals surface area contributed by atoms with E-state index in [2.05, 4.69) is 4.98 Å². The second-order valence-electron chi connectivity index (χ2n) is 9.41. The quantitative estimate of drug-likeness (QED) is 0.612. The number of likely N-dealkylation sites (N-methyl/N-ethyl adjacent to an activating group) is 2. The van der Waals surface area contributed by atoms with Crippen molar-refractivity contribution >= 4 is 11.8 Å². The molecule has 3 atom stereocenters. The SMILES string of the molecule is COc1ccccc1-c1cnc2c(c1)C(=O)N([C@@H](C)CO)C[C@H](C)[C@@H](CN(C)C(=O)CN(C)C)O2. The predicted molar refractivity (Wildman–Crippen MR) is 134 cm³/mol. The van der Waals surface area contributed by atoms with Gasteiger partial charge in [0.15, 0.2) is 0 Å². The number of rotatable bonds is 8. The molecule has 0 bridgehead atoms. The lowest BCUT2D eigenvalue weighted by atomic mass is 9.99. The van der Waals surface area contributed by atoms with Crippen molar-refractivity contribution in [3.05, 3.63) is 42.1 Å². The molecular formula is C26H36N4O5. The number of ether oxygens (including phenoxy) is 2. The van der Waals surface area contributed by atoms with E-state index in [0.29, 0.717) is 30.9 Å². The number of hydrogen-bond acceptors (Lipinski definition) is 7. The number of carbonyl (C=O) groups is 2. The maximum atomic E-state index is 13.6. The first kappa shape index (κ1) is 26.4. The smallest absolute Gasteiger partial charge is 0.259 e. The number of amides is 2. The van der Waals surface area contributed by atoms with Gasteiger partial charge in [0.05, 0.1) is 32.8 Å². The summed E-state index contributed by atoms with van der Waals surface area (Å²) in [5, 5.41) is 9.86. The molecule has 1 N–H and O–H groups in total. The number of aromatic nitrogens is 1. The Morgan fingerprint density at radius 2 is 2.00 bits per heavy atom. The molecule has 0 saturated heterocycles. The van der Waals surface area contributed by atoms with E-state index in [-0.39, 0.29) is 36.3 Å². The fourth-order valence-corrected chi connectivity index (χ4v) is 4.11. The van der Waals surface area contributed by atoms with Gasteiger partial charge < -0.3 is 29.3 Å². The summed E-state index contributed by atoms with van der Waals surface area (Å²) in [4.78, 5) is 35.9. The van der Waals surface area contributed by atoms with E-state index in [0.717, 1.165) is 11.1 Å². The highest BCUT2D eigenvalue weighted by Crippen LogP contribution is 2.34. The van der Waals surface area contributed by atoms with Crippen molar-refractivity contribution in [2.45, 2.75) is 26.0 Å². The average Bonchev–Trinajstić information content (AvgIpc) is 2.84. The van der Waals surface area contributed by atoms with Gasteiger partial charge in [0.1, 0.15) is 17.4 Å². The molecule has 9 heteroatoms. The van der Waals surface area contributed by atoms with Crippen molar-refractivity contribution in [3.63, 3.8) is 0 Å². The van der Waals surface area contributed by atoms with Crippen molar-refractivity contribution in [2.24, 2.45) is 5.92 Å². The fourth-order valence-electron chi connectivity index (χ4n) is 4.11. The van der Waals surface area contributed by atoms with Crippen LogP contribution >= 0.6 is 0 Å². The molecule has 0 aliphatic carbocycles. The lowest BCUT2D eigenvalue weighted by molar-refractivity contribution is -0.132. The maximum absolute atomic E-state index is 13.6. The Morgan fingerprint density at radius 3 is 2.66 bits per heavy atom. The molecule has 2 aromatic rings. The van der Waals surface area contributed by atoms with Crippen LogP contribution in [-0.2, 0) is 4.79 Å². The highest BCUT2D eigenvalue weighted by Gasteiger charge is 2.35. The van der Waals surface area contributed by atoms with Crippen LogP contribution in [0.5, 0.6) is 11.6 Å². The number of para-hydroxylation sites is 1. The molecule has 0 unspecified atom stereocenters. The molecule has 1 aromatic heterocycles. The van der Waals surface area contributed by atoms with E-state index in [1.54, 1.807) is 36.2 Å². The second kappa shape index (κ2) is 11.5. The number of hydrogen-bond donors (Lipinski definition) is 1. The molecule has 1 aliphatic rings. The van der Waals surface area contributed by atoms with Crippen LogP contribution in [0.2, 0.25) is 0 Å². The maximum Gasteiger partial charge on any atom is 0.259 e. The van der Waals surface area contributed by atoms with E-state index >= 15 is 0 Å². The molecule has 35 heavy (non-hydrogen) atoms. The Bertz CT molecular complexity index is 1040. The minimum Gasteiger partial charge on any atom is -0.496 e. The Labute approximate surface area is 207 Å². The van der Waals surface area contributed by atoms with Gasteiger partial charge in [-0.3, -0.25) is 9.59 Å². The number of pyridine rings is 1. The van der Waals surface area contributed by atoms with E-state index in [1.807, 2.05) is 57.1 Å². The van der Waals surface area contributed by atoms with Crippen LogP contribution in [0.3, 0.4) is 0 Å². The molecule has 0 saturated carbocycles. The van der Waals surface area contributed by atoms with E-state index in [1.165, 1.54) is 0 Å². The average molecular weight is 485 g/mol. The Hall–Kier alpha value is -3.17. The zero-order valence-electron chi connectivity index (χ0n) is 21.4. The van der Waals surface area contributed by atoms with Crippen LogP contribution in [0.1, 0.15) is 24.2 Å². The van der Waals surface area contributed by atoms with Gasteiger partial charge in [-0.1, -0.05) is 25.1 Å². The summed E-state index contributed by atoms with van der Waals surface area (Å²) >= 11 is 0. The lowest BCUT2D eigenvalue weighted by Gasteiger charge is -2.37. The van der Waals surface area contributed by atoms with E-state index in [4.69, 9.17) is 9.47 Å². The number of benzene rings is 1. The predicted octanol–water partition coefficient (Wildman–Crippen LogP) is 2.00. The summed E-state index contributed by atoms with van der Waals surface area (Å²) in [5.41, 5.74) is 1.84. The van der Waals surface area contributed by atoms with Gasteiger partial charge in [0.2, 0.25) is 11.8 Å². The molecule has 1 aromatic carbocycles. The van der Waals surface area contributed by atoms with Crippen molar-refractivity contribution in [2.75, 3.05) is 54.5 Å². The third kappa shape index (κ3) is 6.10. The molecular weight excluding hydrogens is 448 g/mol. The first-order chi connectivity index (χ1) is 16.7. The van der Waals surface area contributed by atoms with Crippen LogP contribution < -0.4 is 9.47 Å². The fraction of sp³-hybridized carbons (Fsp3) is 0.500. The van der Waals surface area contributed by atoms with E-state index in [9.17, 15) is 14.7 Å². The van der Waals surface area contributed by atoms with Gasteiger partial charge in [0, 0.05) is 36.8 Å². The summed E-state index contributed by atoms with van der Waals surface area (Å²) in [6, 6.07) is 8.89. The molecule has 3 rings (SSSR count). The Morgan fingerprint density at radius 1 is 1.29 bits per heavy atom. The van der Waals surface area contributed by atoms with Crippen molar-refractivity contribution in [3.8, 4) is 22.8 Å². The number of aliphatic hydroxyl groups excluding tert-OH is 1. The van der Waals surface area contributed by atoms with Gasteiger partial charge in [-0.15, -0.1) is 0 Å². The number of carbonyl (C=O) groups excluding carboxylic acids is 2. The molecule has 0 spiro atoms. The number of nitrogens with zero attached hydrogens (tertiary/aromatic N) is 4. The van der Waals surface area contributed by atoms with Crippen LogP contribution in [0.4, 0.5) is 0 Å². The first-order valence-corrected chi connectivity index (χ1v) is 11.8. The van der Waals surface area contributed by atoms with Crippen LogP contribution in [0.25, 0.3) is 11.1 Å². The van der Waals surface area contributed by atoms with Gasteiger partial charge >= 0.3 is 0 Å². The highest BCUT2D eigenvalue weighted by atomic mass is 16.5. The minimum absolute atomic E-state index is 0.0239. The number of fused-ring (bicyclic) bond motifs is 1. The number of aliphatic hydroxyl groups is 1. The Balaban J connectivity index is 2.02. The standard InChI is InChI=1S/C26H36N4O5/c1-17-13-30(18(2)16-31)26(33)21-11-19(20-9-7-8-10-22(20)34-6)12-27-25(21)35-23(17)14-29(5)24(32)15-28(3)4/h7-12,17-18,23,31H,13-16H2,1-6H3/t17-,18-,23+/m0/s1. The summed E-state index contributed by atoms with van der Waals surface area (Å²) in [6.07, 6.45) is 1.27. The van der Waals surface area contributed by atoms with Crippen molar-refractivity contribution < 1.29 is 24.2 Å². The van der Waals surface area contributed by atoms with Crippen molar-refractivity contribution in [1.29, 1.82) is 0 Å². The third-order valence-corrected chi connectivity index (χ3v) is 6.27. The minimum atomic E-state index is -0.393. The van der Waals surface area contributed by atoms with Crippen LogP contribution in [0.15, 0.2) is 36.5 Å². The summed E-state index contributed by atoms with van der Waals surface area (Å²) in [7, 11) is 7.04. The topological polar surface area (TPSA) is 95.4 Å². The second-order valence-corrected chi connectivity index (χ2v) is 9.41. The molecule has 0 radical (unpaired) electrons. The summed E-state index contributed by atoms with van der Waals surface area (Å²) in [6.45, 7) is 4.64. The first-order valence-electron chi connectivity index (χ1n) is 11.8. The number of methoxy groups -OCH3 is 1. The van der Waals surface area contributed by atoms with Crippen LogP contribution in [0, 0.1) is 5.92 Å². The normalized spacial score (nSPS) is 18.9. The van der Waals surface area contributed by atoms with E-state index < -0.39 is 6.10 Å².